The third-order valence-corrected chi connectivity index (χ3v) is 3.28. The van der Waals surface area contributed by atoms with Crippen molar-refractivity contribution in [2.24, 2.45) is 7.05 Å². The number of rotatable bonds is 3. The van der Waals surface area contributed by atoms with Gasteiger partial charge in [0.1, 0.15) is 0 Å². The molecule has 2 aromatic rings. The molecule has 0 bridgehead atoms. The predicted molar refractivity (Wildman–Crippen MR) is 75.7 cm³/mol. The normalized spacial score (nSPS) is 10.6. The van der Waals surface area contributed by atoms with Crippen molar-refractivity contribution in [3.8, 4) is 11.3 Å². The van der Waals surface area contributed by atoms with Crippen LogP contribution in [0.3, 0.4) is 0 Å². The Balaban J connectivity index is 2.57. The van der Waals surface area contributed by atoms with Gasteiger partial charge < -0.3 is 5.11 Å². The first-order valence-corrected chi connectivity index (χ1v) is 6.25. The number of nitrogens with zero attached hydrogens (tertiary/aromatic N) is 2. The van der Waals surface area contributed by atoms with Crippen LogP contribution < -0.4 is 5.56 Å². The number of hydrogen-bond donors (Lipinski definition) is 1. The summed E-state index contributed by atoms with van der Waals surface area (Å²) in [5.74, 6) is -1.03. The van der Waals surface area contributed by atoms with Crippen molar-refractivity contribution in [2.75, 3.05) is 0 Å². The van der Waals surface area contributed by atoms with E-state index in [1.54, 1.807) is 6.07 Å². The Labute approximate surface area is 116 Å². The minimum Gasteiger partial charge on any atom is -0.481 e. The molecule has 0 spiro atoms. The first-order valence-electron chi connectivity index (χ1n) is 6.25. The van der Waals surface area contributed by atoms with Crippen LogP contribution in [0.15, 0.2) is 29.1 Å². The molecule has 0 aliphatic carbocycles. The summed E-state index contributed by atoms with van der Waals surface area (Å²) in [7, 11) is 1.53. The average molecular weight is 272 g/mol. The number of carboxylic acids is 1. The number of aryl methyl sites for hydroxylation is 3. The van der Waals surface area contributed by atoms with Gasteiger partial charge in [0.05, 0.1) is 12.1 Å². The molecule has 0 atom stereocenters. The molecular weight excluding hydrogens is 256 g/mol. The van der Waals surface area contributed by atoms with E-state index < -0.39 is 5.97 Å². The van der Waals surface area contributed by atoms with E-state index in [0.717, 1.165) is 11.1 Å². The molecule has 0 saturated carbocycles. The number of carbonyl (C=O) groups is 1. The van der Waals surface area contributed by atoms with Gasteiger partial charge in [-0.25, -0.2) is 4.68 Å². The highest BCUT2D eigenvalue weighted by Crippen LogP contribution is 2.20. The van der Waals surface area contributed by atoms with Gasteiger partial charge in [0.2, 0.25) is 0 Å². The fourth-order valence-electron chi connectivity index (χ4n) is 2.00. The molecule has 0 aliphatic rings. The average Bonchev–Trinajstić information content (AvgIpc) is 2.37. The second-order valence-electron chi connectivity index (χ2n) is 4.85. The Morgan fingerprint density at radius 1 is 1.25 bits per heavy atom. The maximum absolute atomic E-state index is 11.8. The molecule has 0 saturated heterocycles. The third kappa shape index (κ3) is 2.77. The monoisotopic (exact) mass is 272 g/mol. The van der Waals surface area contributed by atoms with Crippen LogP contribution in [0.4, 0.5) is 0 Å². The molecule has 0 aliphatic heterocycles. The molecule has 20 heavy (non-hydrogen) atoms. The SMILES string of the molecule is Cc1ccc(-c2cc(CC(=O)O)c(=O)n(C)n2)cc1C. The summed E-state index contributed by atoms with van der Waals surface area (Å²) < 4.78 is 1.18. The van der Waals surface area contributed by atoms with Crippen LogP contribution in [0.25, 0.3) is 11.3 Å². The van der Waals surface area contributed by atoms with Crippen LogP contribution in [0, 0.1) is 13.8 Å². The summed E-state index contributed by atoms with van der Waals surface area (Å²) in [4.78, 5) is 22.7. The third-order valence-electron chi connectivity index (χ3n) is 3.28. The lowest BCUT2D eigenvalue weighted by atomic mass is 10.0. The van der Waals surface area contributed by atoms with Crippen LogP contribution in [0.5, 0.6) is 0 Å². The molecule has 104 valence electrons. The minimum atomic E-state index is -1.03. The van der Waals surface area contributed by atoms with Crippen molar-refractivity contribution in [3.05, 3.63) is 51.3 Å². The zero-order valence-corrected chi connectivity index (χ0v) is 11.7. The van der Waals surface area contributed by atoms with E-state index in [1.807, 2.05) is 32.0 Å². The van der Waals surface area contributed by atoms with Crippen molar-refractivity contribution in [1.82, 2.24) is 9.78 Å². The molecular formula is C15H16N2O3. The molecule has 1 aromatic heterocycles. The largest absolute Gasteiger partial charge is 0.481 e. The molecule has 1 aromatic carbocycles. The van der Waals surface area contributed by atoms with Crippen molar-refractivity contribution in [3.63, 3.8) is 0 Å². The van der Waals surface area contributed by atoms with Gasteiger partial charge in [0.15, 0.2) is 0 Å². The number of benzene rings is 1. The summed E-state index contributed by atoms with van der Waals surface area (Å²) in [5, 5.41) is 13.0. The second kappa shape index (κ2) is 5.28. The number of aliphatic carboxylic acids is 1. The van der Waals surface area contributed by atoms with Crippen LogP contribution in [-0.2, 0) is 18.3 Å². The summed E-state index contributed by atoms with van der Waals surface area (Å²) >= 11 is 0. The van der Waals surface area contributed by atoms with Gasteiger partial charge in [0.25, 0.3) is 5.56 Å². The van der Waals surface area contributed by atoms with E-state index in [0.29, 0.717) is 5.69 Å². The molecule has 0 unspecified atom stereocenters. The lowest BCUT2D eigenvalue weighted by Crippen LogP contribution is -2.25. The Morgan fingerprint density at radius 2 is 1.95 bits per heavy atom. The topological polar surface area (TPSA) is 72.2 Å². The van der Waals surface area contributed by atoms with Gasteiger partial charge in [0, 0.05) is 18.2 Å². The van der Waals surface area contributed by atoms with Crippen LogP contribution in [0.2, 0.25) is 0 Å². The van der Waals surface area contributed by atoms with E-state index in [4.69, 9.17) is 5.11 Å². The smallest absolute Gasteiger partial charge is 0.308 e. The van der Waals surface area contributed by atoms with Crippen LogP contribution >= 0.6 is 0 Å². The molecule has 1 heterocycles. The van der Waals surface area contributed by atoms with E-state index in [1.165, 1.54) is 17.3 Å². The number of carboxylic acid groups (broad SMARTS) is 1. The summed E-state index contributed by atoms with van der Waals surface area (Å²) in [6.07, 6.45) is -0.299. The zero-order chi connectivity index (χ0) is 14.9. The highest BCUT2D eigenvalue weighted by atomic mass is 16.4. The summed E-state index contributed by atoms with van der Waals surface area (Å²) in [6, 6.07) is 7.43. The molecule has 0 radical (unpaired) electrons. The second-order valence-corrected chi connectivity index (χ2v) is 4.85. The van der Waals surface area contributed by atoms with Crippen LogP contribution in [0.1, 0.15) is 16.7 Å². The zero-order valence-electron chi connectivity index (χ0n) is 11.7. The number of aromatic nitrogens is 2. The maximum Gasteiger partial charge on any atom is 0.308 e. The van der Waals surface area contributed by atoms with Gasteiger partial charge in [-0.05, 0) is 37.1 Å². The molecule has 0 fully saturated rings. The van der Waals surface area contributed by atoms with Gasteiger partial charge in [-0.15, -0.1) is 0 Å². The van der Waals surface area contributed by atoms with E-state index in [9.17, 15) is 9.59 Å². The predicted octanol–water partition coefficient (Wildman–Crippen LogP) is 1.69. The fraction of sp³-hybridized carbons (Fsp3) is 0.267. The standard InChI is InChI=1S/C15H16N2O3/c1-9-4-5-11(6-10(9)2)13-7-12(8-14(18)19)15(20)17(3)16-13/h4-7H,8H2,1-3H3,(H,18,19). The van der Waals surface area contributed by atoms with Gasteiger partial charge >= 0.3 is 5.97 Å². The molecule has 0 amide bonds. The van der Waals surface area contributed by atoms with Crippen LogP contribution in [-0.4, -0.2) is 20.9 Å². The lowest BCUT2D eigenvalue weighted by molar-refractivity contribution is -0.136. The highest BCUT2D eigenvalue weighted by molar-refractivity contribution is 5.71. The van der Waals surface area contributed by atoms with Gasteiger partial charge in [-0.2, -0.15) is 5.10 Å². The minimum absolute atomic E-state index is 0.239. The first-order chi connectivity index (χ1) is 9.38. The number of hydrogen-bond acceptors (Lipinski definition) is 3. The van der Waals surface area contributed by atoms with E-state index >= 15 is 0 Å². The molecule has 5 heteroatoms. The Hall–Kier alpha value is -2.43. The Kier molecular flexibility index (Phi) is 3.70. The fourth-order valence-corrected chi connectivity index (χ4v) is 2.00. The lowest BCUT2D eigenvalue weighted by Gasteiger charge is -2.08. The van der Waals surface area contributed by atoms with Crippen molar-refractivity contribution in [2.45, 2.75) is 20.3 Å². The summed E-state index contributed by atoms with van der Waals surface area (Å²) in [5.41, 5.74) is 3.63. The molecule has 5 nitrogen and oxygen atoms in total. The van der Waals surface area contributed by atoms with Gasteiger partial charge in [-0.3, -0.25) is 9.59 Å². The van der Waals surface area contributed by atoms with E-state index in [-0.39, 0.29) is 17.5 Å². The highest BCUT2D eigenvalue weighted by Gasteiger charge is 2.11. The molecule has 2 rings (SSSR count). The quantitative estimate of drug-likeness (QED) is 0.923. The van der Waals surface area contributed by atoms with Crippen molar-refractivity contribution < 1.29 is 9.90 Å². The van der Waals surface area contributed by atoms with Gasteiger partial charge in [-0.1, -0.05) is 12.1 Å². The van der Waals surface area contributed by atoms with E-state index in [2.05, 4.69) is 5.10 Å². The van der Waals surface area contributed by atoms with Crippen molar-refractivity contribution >= 4 is 5.97 Å². The molecule has 1 N–H and O–H groups in total. The Bertz CT molecular complexity index is 732. The maximum atomic E-state index is 11.8. The summed E-state index contributed by atoms with van der Waals surface area (Å²) in [6.45, 7) is 4.02. The first kappa shape index (κ1) is 14.0. The van der Waals surface area contributed by atoms with Crippen molar-refractivity contribution in [1.29, 1.82) is 0 Å². The Morgan fingerprint density at radius 3 is 2.55 bits per heavy atom.